The van der Waals surface area contributed by atoms with Crippen molar-refractivity contribution in [1.29, 1.82) is 0 Å². The lowest BCUT2D eigenvalue weighted by Gasteiger charge is -2.29. The second-order valence-electron chi connectivity index (χ2n) is 7.06. The molecule has 6 heteroatoms. The highest BCUT2D eigenvalue weighted by Crippen LogP contribution is 2.36. The third-order valence-corrected chi connectivity index (χ3v) is 4.95. The number of nitrogens with zero attached hydrogens (tertiary/aromatic N) is 2. The number of fused-ring (bicyclic) bond motifs is 1. The number of ether oxygens (including phenoxy) is 3. The molecule has 0 radical (unpaired) electrons. The van der Waals surface area contributed by atoms with Crippen molar-refractivity contribution in [3.63, 3.8) is 0 Å². The Labute approximate surface area is 159 Å². The fraction of sp³-hybridized carbons (Fsp3) is 0.429. The SMILES string of the molecule is CN(Cc1ccc(N2CCOCC2)cc1)Cc1cc2c(cc1O)OCCO2. The Morgan fingerprint density at radius 1 is 0.926 bits per heavy atom. The molecule has 0 aliphatic carbocycles. The largest absolute Gasteiger partial charge is 0.507 e. The molecule has 0 atom stereocenters. The van der Waals surface area contributed by atoms with E-state index < -0.39 is 0 Å². The molecule has 0 unspecified atom stereocenters. The Morgan fingerprint density at radius 2 is 1.59 bits per heavy atom. The average molecular weight is 370 g/mol. The van der Waals surface area contributed by atoms with Gasteiger partial charge in [-0.3, -0.25) is 4.90 Å². The number of phenols is 1. The van der Waals surface area contributed by atoms with Crippen molar-refractivity contribution in [2.24, 2.45) is 0 Å². The highest BCUT2D eigenvalue weighted by molar-refractivity contribution is 5.51. The Morgan fingerprint density at radius 3 is 2.30 bits per heavy atom. The van der Waals surface area contributed by atoms with Gasteiger partial charge in [0.15, 0.2) is 11.5 Å². The molecule has 4 rings (SSSR count). The van der Waals surface area contributed by atoms with Crippen molar-refractivity contribution in [1.82, 2.24) is 4.90 Å². The Balaban J connectivity index is 1.38. The first kappa shape index (κ1) is 17.9. The van der Waals surface area contributed by atoms with Gasteiger partial charge in [0.25, 0.3) is 0 Å². The lowest BCUT2D eigenvalue weighted by molar-refractivity contribution is 0.122. The molecule has 0 saturated carbocycles. The molecule has 2 aromatic carbocycles. The quantitative estimate of drug-likeness (QED) is 0.873. The van der Waals surface area contributed by atoms with Crippen LogP contribution in [0, 0.1) is 0 Å². The summed E-state index contributed by atoms with van der Waals surface area (Å²) in [5.41, 5.74) is 3.33. The summed E-state index contributed by atoms with van der Waals surface area (Å²) in [7, 11) is 2.05. The summed E-state index contributed by atoms with van der Waals surface area (Å²) in [6.07, 6.45) is 0. The maximum absolute atomic E-state index is 10.3. The van der Waals surface area contributed by atoms with Gasteiger partial charge < -0.3 is 24.2 Å². The summed E-state index contributed by atoms with van der Waals surface area (Å²) < 4.78 is 16.5. The van der Waals surface area contributed by atoms with Gasteiger partial charge in [0.1, 0.15) is 19.0 Å². The number of aromatic hydroxyl groups is 1. The van der Waals surface area contributed by atoms with Gasteiger partial charge in [-0.2, -0.15) is 0 Å². The summed E-state index contributed by atoms with van der Waals surface area (Å²) >= 11 is 0. The van der Waals surface area contributed by atoms with Crippen LogP contribution in [0.25, 0.3) is 0 Å². The standard InChI is InChI=1S/C21H26N2O4/c1-22(15-17-12-20-21(13-19(17)24)27-11-10-26-20)14-16-2-4-18(5-3-16)23-6-8-25-9-7-23/h2-5,12-13,24H,6-11,14-15H2,1H3. The molecule has 1 fully saturated rings. The van der Waals surface area contributed by atoms with E-state index in [1.165, 1.54) is 11.3 Å². The summed E-state index contributed by atoms with van der Waals surface area (Å²) in [5.74, 6) is 1.56. The molecular formula is C21H26N2O4. The van der Waals surface area contributed by atoms with Gasteiger partial charge in [0, 0.05) is 43.5 Å². The number of hydrogen-bond donors (Lipinski definition) is 1. The van der Waals surface area contributed by atoms with Crippen LogP contribution in [0.1, 0.15) is 11.1 Å². The highest BCUT2D eigenvalue weighted by Gasteiger charge is 2.17. The van der Waals surface area contributed by atoms with Gasteiger partial charge in [-0.1, -0.05) is 12.1 Å². The molecule has 1 N–H and O–H groups in total. The molecule has 2 aliphatic heterocycles. The van der Waals surface area contributed by atoms with Gasteiger partial charge in [0.05, 0.1) is 13.2 Å². The molecule has 0 spiro atoms. The second-order valence-corrected chi connectivity index (χ2v) is 7.06. The molecule has 2 aliphatic rings. The van der Waals surface area contributed by atoms with Crippen LogP contribution in [0.5, 0.6) is 17.2 Å². The summed E-state index contributed by atoms with van der Waals surface area (Å²) in [5, 5.41) is 10.3. The van der Waals surface area contributed by atoms with Gasteiger partial charge in [-0.05, 0) is 30.8 Å². The van der Waals surface area contributed by atoms with Gasteiger partial charge >= 0.3 is 0 Å². The summed E-state index contributed by atoms with van der Waals surface area (Å²) in [4.78, 5) is 4.53. The molecule has 2 aromatic rings. The lowest BCUT2D eigenvalue weighted by atomic mass is 10.1. The first-order valence-corrected chi connectivity index (χ1v) is 9.41. The molecule has 1 saturated heterocycles. The van der Waals surface area contributed by atoms with Crippen LogP contribution in [0.2, 0.25) is 0 Å². The predicted octanol–water partition coefficient (Wildman–Crippen LogP) is 2.63. The van der Waals surface area contributed by atoms with Crippen LogP contribution >= 0.6 is 0 Å². The van der Waals surface area contributed by atoms with E-state index >= 15 is 0 Å². The monoisotopic (exact) mass is 370 g/mol. The second kappa shape index (κ2) is 8.06. The Bertz CT molecular complexity index is 772. The Kier molecular flexibility index (Phi) is 5.36. The third-order valence-electron chi connectivity index (χ3n) is 4.95. The first-order valence-electron chi connectivity index (χ1n) is 9.41. The normalized spacial score (nSPS) is 16.6. The molecule has 144 valence electrons. The summed E-state index contributed by atoms with van der Waals surface area (Å²) in [6, 6.07) is 12.2. The number of anilines is 1. The molecule has 0 aromatic heterocycles. The van der Waals surface area contributed by atoms with Crippen LogP contribution < -0.4 is 14.4 Å². The van der Waals surface area contributed by atoms with Crippen molar-refractivity contribution in [2.75, 3.05) is 51.5 Å². The molecule has 0 amide bonds. The molecular weight excluding hydrogens is 344 g/mol. The molecule has 0 bridgehead atoms. The van der Waals surface area contributed by atoms with Gasteiger partial charge in [-0.25, -0.2) is 0 Å². The van der Waals surface area contributed by atoms with E-state index in [0.29, 0.717) is 31.3 Å². The minimum atomic E-state index is 0.244. The maximum atomic E-state index is 10.3. The van der Waals surface area contributed by atoms with Crippen molar-refractivity contribution in [2.45, 2.75) is 13.1 Å². The molecule has 6 nitrogen and oxygen atoms in total. The van der Waals surface area contributed by atoms with E-state index in [0.717, 1.165) is 38.4 Å². The number of rotatable bonds is 5. The first-order chi connectivity index (χ1) is 13.2. The van der Waals surface area contributed by atoms with Crippen molar-refractivity contribution in [3.8, 4) is 17.2 Å². The zero-order valence-corrected chi connectivity index (χ0v) is 15.7. The minimum absolute atomic E-state index is 0.244. The van der Waals surface area contributed by atoms with Crippen LogP contribution in [-0.2, 0) is 17.8 Å². The topological polar surface area (TPSA) is 54.4 Å². The van der Waals surface area contributed by atoms with E-state index in [4.69, 9.17) is 14.2 Å². The van der Waals surface area contributed by atoms with E-state index in [2.05, 4.69) is 34.1 Å². The van der Waals surface area contributed by atoms with Crippen LogP contribution in [0.4, 0.5) is 5.69 Å². The lowest BCUT2D eigenvalue weighted by Crippen LogP contribution is -2.36. The third kappa shape index (κ3) is 4.28. The number of phenolic OH excluding ortho intramolecular Hbond substituents is 1. The maximum Gasteiger partial charge on any atom is 0.165 e. The van der Waals surface area contributed by atoms with Crippen molar-refractivity contribution >= 4 is 5.69 Å². The Hall–Kier alpha value is -2.44. The van der Waals surface area contributed by atoms with Crippen LogP contribution in [0.3, 0.4) is 0 Å². The number of morpholine rings is 1. The number of hydrogen-bond acceptors (Lipinski definition) is 6. The van der Waals surface area contributed by atoms with Crippen molar-refractivity contribution in [3.05, 3.63) is 47.5 Å². The highest BCUT2D eigenvalue weighted by atomic mass is 16.6. The summed E-state index contributed by atoms with van der Waals surface area (Å²) in [6.45, 7) is 5.98. The number of benzene rings is 2. The fourth-order valence-electron chi connectivity index (χ4n) is 3.54. The van der Waals surface area contributed by atoms with E-state index in [1.54, 1.807) is 6.07 Å². The fourth-order valence-corrected chi connectivity index (χ4v) is 3.54. The van der Waals surface area contributed by atoms with Crippen LogP contribution in [0.15, 0.2) is 36.4 Å². The molecule has 27 heavy (non-hydrogen) atoms. The van der Waals surface area contributed by atoms with Gasteiger partial charge in [-0.15, -0.1) is 0 Å². The van der Waals surface area contributed by atoms with Crippen molar-refractivity contribution < 1.29 is 19.3 Å². The molecule has 2 heterocycles. The zero-order valence-electron chi connectivity index (χ0n) is 15.7. The van der Waals surface area contributed by atoms with E-state index in [1.807, 2.05) is 13.1 Å². The van der Waals surface area contributed by atoms with E-state index in [-0.39, 0.29) is 5.75 Å². The predicted molar refractivity (Wildman–Crippen MR) is 104 cm³/mol. The zero-order chi connectivity index (χ0) is 18.6. The smallest absolute Gasteiger partial charge is 0.165 e. The minimum Gasteiger partial charge on any atom is -0.507 e. The van der Waals surface area contributed by atoms with Crippen LogP contribution in [-0.4, -0.2) is 56.6 Å². The van der Waals surface area contributed by atoms with E-state index in [9.17, 15) is 5.11 Å². The van der Waals surface area contributed by atoms with Gasteiger partial charge in [0.2, 0.25) is 0 Å². The average Bonchev–Trinajstić information content (AvgIpc) is 2.70.